The quantitative estimate of drug-likeness (QED) is 0.381. The number of nitrogens with zero attached hydrogens (tertiary/aromatic N) is 5. The van der Waals surface area contributed by atoms with E-state index in [1.807, 2.05) is 18.2 Å². The molecule has 0 radical (unpaired) electrons. The smallest absolute Gasteiger partial charge is 0.264 e. The van der Waals surface area contributed by atoms with Crippen molar-refractivity contribution in [3.63, 3.8) is 0 Å². The molecule has 0 spiro atoms. The number of anilines is 1. The molecule has 1 aliphatic heterocycles. The van der Waals surface area contributed by atoms with Crippen LogP contribution >= 0.6 is 0 Å². The number of aromatic nitrogens is 2. The van der Waals surface area contributed by atoms with Crippen molar-refractivity contribution in [1.82, 2.24) is 15.3 Å². The average molecular weight is 390 g/mol. The molecule has 2 heterocycles. The second-order valence-electron chi connectivity index (χ2n) is 6.49. The van der Waals surface area contributed by atoms with Crippen LogP contribution in [0.5, 0.6) is 0 Å². The van der Waals surface area contributed by atoms with Gasteiger partial charge in [-0.05, 0) is 31.0 Å². The maximum Gasteiger partial charge on any atom is 0.264 e. The predicted molar refractivity (Wildman–Crippen MR) is 111 cm³/mol. The minimum Gasteiger partial charge on any atom is -0.384 e. The minimum atomic E-state index is -0.651. The van der Waals surface area contributed by atoms with Crippen LogP contribution in [0, 0.1) is 11.3 Å². The Hall–Kier alpha value is -3.93. The summed E-state index contributed by atoms with van der Waals surface area (Å²) in [7, 11) is 1.56. The first-order valence-electron chi connectivity index (χ1n) is 9.17. The summed E-state index contributed by atoms with van der Waals surface area (Å²) < 4.78 is 0. The maximum absolute atomic E-state index is 11.3. The highest BCUT2D eigenvalue weighted by Gasteiger charge is 2.16. The molecule has 0 bridgehead atoms. The molecule has 1 aromatic carbocycles. The zero-order valence-corrected chi connectivity index (χ0v) is 16.1. The normalized spacial score (nSPS) is 14.6. The van der Waals surface area contributed by atoms with Crippen LogP contribution in [0.1, 0.15) is 18.4 Å². The second kappa shape index (κ2) is 8.84. The molecule has 0 saturated carbocycles. The van der Waals surface area contributed by atoms with Crippen molar-refractivity contribution >= 4 is 23.4 Å². The molecule has 0 unspecified atom stereocenters. The molecule has 1 saturated heterocycles. The van der Waals surface area contributed by atoms with Crippen molar-refractivity contribution in [2.75, 3.05) is 25.0 Å². The van der Waals surface area contributed by atoms with Gasteiger partial charge in [0, 0.05) is 38.0 Å². The molecular formula is C20H22N8O. The standard InChI is InChI=1S/C20H22N8O/c1-24-16(19(23)29)11-18(22)27-20-25-7-6-15(26-20)13-4-5-17(14(10-13)12-21)28-8-2-3-9-28/h4-7,10-11,24H,2-3,8-9H2,1H3,(H2,23,29)(H2,22,25,26,27)/b16-11-. The van der Waals surface area contributed by atoms with Gasteiger partial charge in [0.2, 0.25) is 0 Å². The van der Waals surface area contributed by atoms with Gasteiger partial charge in [0.05, 0.1) is 16.9 Å². The Bertz CT molecular complexity index is 1020. The van der Waals surface area contributed by atoms with E-state index < -0.39 is 5.91 Å². The first kappa shape index (κ1) is 19.8. The number of aliphatic imine (C=N–C) groups is 1. The molecule has 1 aromatic heterocycles. The highest BCUT2D eigenvalue weighted by atomic mass is 16.1. The Kier molecular flexibility index (Phi) is 6.04. The van der Waals surface area contributed by atoms with Crippen molar-refractivity contribution in [1.29, 1.82) is 5.26 Å². The van der Waals surface area contributed by atoms with E-state index >= 15 is 0 Å². The number of carbonyl (C=O) groups is 1. The molecule has 1 aliphatic rings. The Balaban J connectivity index is 1.90. The molecule has 148 valence electrons. The summed E-state index contributed by atoms with van der Waals surface area (Å²) in [6, 6.07) is 9.71. The van der Waals surface area contributed by atoms with Crippen LogP contribution in [0.25, 0.3) is 11.3 Å². The number of benzene rings is 1. The Labute approximate surface area is 168 Å². The third-order valence-corrected chi connectivity index (χ3v) is 4.56. The fraction of sp³-hybridized carbons (Fsp3) is 0.250. The van der Waals surface area contributed by atoms with Gasteiger partial charge in [-0.25, -0.2) is 9.97 Å². The monoisotopic (exact) mass is 390 g/mol. The molecule has 9 nitrogen and oxygen atoms in total. The third-order valence-electron chi connectivity index (χ3n) is 4.56. The van der Waals surface area contributed by atoms with Crippen molar-refractivity contribution in [2.24, 2.45) is 16.5 Å². The van der Waals surface area contributed by atoms with Gasteiger partial charge in [-0.15, -0.1) is 0 Å². The number of hydrogen-bond donors (Lipinski definition) is 3. The van der Waals surface area contributed by atoms with Gasteiger partial charge < -0.3 is 21.7 Å². The number of amides is 1. The van der Waals surface area contributed by atoms with E-state index in [0.717, 1.165) is 37.2 Å². The van der Waals surface area contributed by atoms with E-state index in [1.54, 1.807) is 19.3 Å². The molecule has 29 heavy (non-hydrogen) atoms. The summed E-state index contributed by atoms with van der Waals surface area (Å²) >= 11 is 0. The zero-order valence-electron chi connectivity index (χ0n) is 16.1. The minimum absolute atomic E-state index is 0.0346. The lowest BCUT2D eigenvalue weighted by molar-refractivity contribution is -0.114. The highest BCUT2D eigenvalue weighted by Crippen LogP contribution is 2.29. The van der Waals surface area contributed by atoms with Gasteiger partial charge in [-0.3, -0.25) is 4.79 Å². The van der Waals surface area contributed by atoms with Crippen LogP contribution in [-0.2, 0) is 4.79 Å². The zero-order chi connectivity index (χ0) is 20.8. The van der Waals surface area contributed by atoms with Crippen molar-refractivity contribution < 1.29 is 4.79 Å². The first-order chi connectivity index (χ1) is 14.0. The Morgan fingerprint density at radius 3 is 2.72 bits per heavy atom. The molecule has 3 rings (SSSR count). The maximum atomic E-state index is 11.3. The molecule has 1 amide bonds. The number of nitrogens with one attached hydrogen (secondary N) is 1. The van der Waals surface area contributed by atoms with E-state index in [9.17, 15) is 10.1 Å². The molecule has 0 aliphatic carbocycles. The van der Waals surface area contributed by atoms with Gasteiger partial charge in [-0.1, -0.05) is 6.07 Å². The average Bonchev–Trinajstić information content (AvgIpc) is 3.26. The lowest BCUT2D eigenvalue weighted by atomic mass is 10.1. The van der Waals surface area contributed by atoms with Gasteiger partial charge in [0.15, 0.2) is 0 Å². The number of likely N-dealkylation sites (N-methyl/N-ethyl adjacent to an activating group) is 1. The van der Waals surface area contributed by atoms with Gasteiger partial charge in [-0.2, -0.15) is 10.3 Å². The molecular weight excluding hydrogens is 368 g/mol. The van der Waals surface area contributed by atoms with E-state index in [-0.39, 0.29) is 17.5 Å². The van der Waals surface area contributed by atoms with E-state index in [2.05, 4.69) is 31.2 Å². The fourth-order valence-electron chi connectivity index (χ4n) is 3.14. The number of carbonyl (C=O) groups excluding carboxylic acids is 1. The van der Waals surface area contributed by atoms with Gasteiger partial charge in [0.1, 0.15) is 17.6 Å². The van der Waals surface area contributed by atoms with Crippen molar-refractivity contribution in [2.45, 2.75) is 12.8 Å². The lowest BCUT2D eigenvalue weighted by Crippen LogP contribution is -2.25. The van der Waals surface area contributed by atoms with E-state index in [0.29, 0.717) is 11.3 Å². The fourth-order valence-corrected chi connectivity index (χ4v) is 3.14. The molecule has 2 aromatic rings. The van der Waals surface area contributed by atoms with Gasteiger partial charge >= 0.3 is 0 Å². The summed E-state index contributed by atoms with van der Waals surface area (Å²) in [5.41, 5.74) is 14.1. The SMILES string of the molecule is CN/C(=C\C(N)=N/c1nccc(-c2ccc(N3CCCC3)c(C#N)c2)n1)C(N)=O. The molecule has 1 fully saturated rings. The topological polar surface area (TPSA) is 146 Å². The van der Waals surface area contributed by atoms with Crippen LogP contribution in [0.2, 0.25) is 0 Å². The number of nitriles is 1. The van der Waals surface area contributed by atoms with Crippen LogP contribution < -0.4 is 21.7 Å². The van der Waals surface area contributed by atoms with Crippen LogP contribution in [0.3, 0.4) is 0 Å². The number of hydrogen-bond acceptors (Lipinski definition) is 7. The Morgan fingerprint density at radius 1 is 1.31 bits per heavy atom. The Morgan fingerprint density at radius 2 is 2.07 bits per heavy atom. The number of nitrogens with two attached hydrogens (primary N) is 2. The summed E-state index contributed by atoms with van der Waals surface area (Å²) in [6.45, 7) is 1.93. The molecule has 9 heteroatoms. The van der Waals surface area contributed by atoms with E-state index in [4.69, 9.17) is 11.5 Å². The third kappa shape index (κ3) is 4.68. The lowest BCUT2D eigenvalue weighted by Gasteiger charge is -2.19. The first-order valence-corrected chi connectivity index (χ1v) is 9.17. The van der Waals surface area contributed by atoms with Crippen LogP contribution in [-0.4, -0.2) is 41.8 Å². The van der Waals surface area contributed by atoms with Crippen LogP contribution in [0.15, 0.2) is 47.2 Å². The number of rotatable bonds is 6. The highest BCUT2D eigenvalue weighted by molar-refractivity contribution is 6.02. The van der Waals surface area contributed by atoms with Crippen LogP contribution in [0.4, 0.5) is 11.6 Å². The predicted octanol–water partition coefficient (Wildman–Crippen LogP) is 1.19. The van der Waals surface area contributed by atoms with E-state index in [1.165, 1.54) is 6.08 Å². The van der Waals surface area contributed by atoms with Crippen molar-refractivity contribution in [3.8, 4) is 17.3 Å². The second-order valence-corrected chi connectivity index (χ2v) is 6.49. The van der Waals surface area contributed by atoms with Gasteiger partial charge in [0.25, 0.3) is 11.9 Å². The largest absolute Gasteiger partial charge is 0.384 e. The van der Waals surface area contributed by atoms with Crippen molar-refractivity contribution in [3.05, 3.63) is 47.8 Å². The summed E-state index contributed by atoms with van der Waals surface area (Å²) in [6.07, 6.45) is 5.16. The molecule has 0 atom stereocenters. The molecule has 5 N–H and O–H groups in total. The summed E-state index contributed by atoms with van der Waals surface area (Å²) in [5.74, 6) is -0.479. The summed E-state index contributed by atoms with van der Waals surface area (Å²) in [4.78, 5) is 26.1. The number of amidine groups is 1. The summed E-state index contributed by atoms with van der Waals surface area (Å²) in [5, 5.41) is 12.2. The number of primary amides is 1.